The predicted molar refractivity (Wildman–Crippen MR) is 111 cm³/mol. The smallest absolute Gasteiger partial charge is 0.162 e. The Labute approximate surface area is 165 Å². The van der Waals surface area contributed by atoms with E-state index in [2.05, 4.69) is 23.2 Å². The van der Waals surface area contributed by atoms with Crippen LogP contribution in [0.1, 0.15) is 11.1 Å². The monoisotopic (exact) mass is 397 g/mol. The van der Waals surface area contributed by atoms with Gasteiger partial charge >= 0.3 is 0 Å². The van der Waals surface area contributed by atoms with E-state index in [1.165, 1.54) is 11.8 Å². The summed E-state index contributed by atoms with van der Waals surface area (Å²) in [6.45, 7) is 1.18. The predicted octanol–water partition coefficient (Wildman–Crippen LogP) is 3.87. The normalized spacial score (nSPS) is 16.4. The highest BCUT2D eigenvalue weighted by molar-refractivity contribution is 7.89. The molecule has 0 aliphatic carbocycles. The Morgan fingerprint density at radius 3 is 2.54 bits per heavy atom. The SMILES string of the molecule is COc1cc2nccc(-c3ccc4c(c3)CN(S(C)(=N)=O)CC4)c2cc1OC. The van der Waals surface area contributed by atoms with E-state index in [9.17, 15) is 4.21 Å². The lowest BCUT2D eigenvalue weighted by Crippen LogP contribution is -2.34. The third-order valence-electron chi connectivity index (χ3n) is 5.23. The molecule has 1 aliphatic rings. The number of nitrogens with one attached hydrogen (secondary N) is 1. The van der Waals surface area contributed by atoms with E-state index < -0.39 is 9.92 Å². The molecule has 1 aromatic heterocycles. The summed E-state index contributed by atoms with van der Waals surface area (Å²) in [6, 6.07) is 12.2. The summed E-state index contributed by atoms with van der Waals surface area (Å²) in [6.07, 6.45) is 4.08. The first-order valence-electron chi connectivity index (χ1n) is 9.02. The summed E-state index contributed by atoms with van der Waals surface area (Å²) in [4.78, 5) is 4.48. The summed E-state index contributed by atoms with van der Waals surface area (Å²) >= 11 is 0. The molecule has 0 spiro atoms. The number of methoxy groups -OCH3 is 2. The average Bonchev–Trinajstić information content (AvgIpc) is 2.70. The zero-order chi connectivity index (χ0) is 19.9. The molecular weight excluding hydrogens is 374 g/mol. The van der Waals surface area contributed by atoms with Crippen LogP contribution in [0.2, 0.25) is 0 Å². The second-order valence-electron chi connectivity index (χ2n) is 6.98. The van der Waals surface area contributed by atoms with Crippen LogP contribution >= 0.6 is 0 Å². The van der Waals surface area contributed by atoms with Gasteiger partial charge in [0.2, 0.25) is 0 Å². The Hall–Kier alpha value is -2.64. The third kappa shape index (κ3) is 3.31. The minimum atomic E-state index is -2.70. The van der Waals surface area contributed by atoms with Crippen molar-refractivity contribution in [2.24, 2.45) is 0 Å². The molecular formula is C21H23N3O3S. The molecule has 2 heterocycles. The Bertz CT molecular complexity index is 1160. The van der Waals surface area contributed by atoms with E-state index in [0.29, 0.717) is 24.6 Å². The lowest BCUT2D eigenvalue weighted by Gasteiger charge is -2.28. The highest BCUT2D eigenvalue weighted by atomic mass is 32.2. The van der Waals surface area contributed by atoms with Crippen molar-refractivity contribution in [2.45, 2.75) is 13.0 Å². The van der Waals surface area contributed by atoms with Crippen LogP contribution in [0.25, 0.3) is 22.0 Å². The Morgan fingerprint density at radius 2 is 1.82 bits per heavy atom. The van der Waals surface area contributed by atoms with Crippen LogP contribution in [0.4, 0.5) is 0 Å². The second-order valence-corrected chi connectivity index (χ2v) is 9.10. The number of aromatic nitrogens is 1. The van der Waals surface area contributed by atoms with E-state index in [0.717, 1.165) is 34.0 Å². The molecule has 4 rings (SSSR count). The molecule has 1 N–H and O–H groups in total. The number of rotatable bonds is 4. The molecule has 2 aromatic carbocycles. The minimum absolute atomic E-state index is 0.530. The van der Waals surface area contributed by atoms with Crippen LogP contribution in [0.3, 0.4) is 0 Å². The van der Waals surface area contributed by atoms with Gasteiger partial charge in [0.25, 0.3) is 0 Å². The highest BCUT2D eigenvalue weighted by Crippen LogP contribution is 2.37. The fraction of sp³-hybridized carbons (Fsp3) is 0.286. The summed E-state index contributed by atoms with van der Waals surface area (Å²) in [5.74, 6) is 1.31. The van der Waals surface area contributed by atoms with Gasteiger partial charge in [-0.2, -0.15) is 0 Å². The lowest BCUT2D eigenvalue weighted by molar-refractivity contribution is 0.356. The number of ether oxygens (including phenoxy) is 2. The molecule has 6 nitrogen and oxygen atoms in total. The fourth-order valence-corrected chi connectivity index (χ4v) is 4.55. The maximum absolute atomic E-state index is 12.2. The van der Waals surface area contributed by atoms with Crippen LogP contribution in [0, 0.1) is 4.78 Å². The summed E-state index contributed by atoms with van der Waals surface area (Å²) < 4.78 is 32.7. The van der Waals surface area contributed by atoms with Gasteiger partial charge in [-0.15, -0.1) is 0 Å². The van der Waals surface area contributed by atoms with Gasteiger partial charge < -0.3 is 9.47 Å². The summed E-state index contributed by atoms with van der Waals surface area (Å²) in [5, 5.41) is 0.979. The van der Waals surface area contributed by atoms with Gasteiger partial charge in [-0.1, -0.05) is 12.1 Å². The quantitative estimate of drug-likeness (QED) is 0.725. The molecule has 0 fully saturated rings. The van der Waals surface area contributed by atoms with Crippen molar-refractivity contribution in [1.29, 1.82) is 4.78 Å². The first-order chi connectivity index (χ1) is 13.4. The number of fused-ring (bicyclic) bond motifs is 2. The zero-order valence-corrected chi connectivity index (χ0v) is 17.0. The van der Waals surface area contributed by atoms with Crippen molar-refractivity contribution >= 4 is 20.8 Å². The van der Waals surface area contributed by atoms with E-state index in [1.807, 2.05) is 18.2 Å². The maximum Gasteiger partial charge on any atom is 0.162 e. The molecule has 3 aromatic rings. The molecule has 0 saturated heterocycles. The van der Waals surface area contributed by atoms with E-state index in [4.69, 9.17) is 14.3 Å². The Morgan fingerprint density at radius 1 is 1.07 bits per heavy atom. The number of hydrogen-bond donors (Lipinski definition) is 1. The zero-order valence-electron chi connectivity index (χ0n) is 16.2. The van der Waals surface area contributed by atoms with Gasteiger partial charge in [-0.25, -0.2) is 13.3 Å². The fourth-order valence-electron chi connectivity index (χ4n) is 3.72. The first kappa shape index (κ1) is 18.7. The van der Waals surface area contributed by atoms with Crippen molar-refractivity contribution in [1.82, 2.24) is 9.29 Å². The Balaban J connectivity index is 1.83. The van der Waals surface area contributed by atoms with Gasteiger partial charge in [-0.3, -0.25) is 4.98 Å². The van der Waals surface area contributed by atoms with Crippen molar-refractivity contribution in [3.63, 3.8) is 0 Å². The van der Waals surface area contributed by atoms with Crippen molar-refractivity contribution < 1.29 is 13.7 Å². The van der Waals surface area contributed by atoms with Crippen LogP contribution in [0.5, 0.6) is 11.5 Å². The lowest BCUT2D eigenvalue weighted by atomic mass is 9.94. The van der Waals surface area contributed by atoms with Gasteiger partial charge in [0.1, 0.15) is 9.92 Å². The highest BCUT2D eigenvalue weighted by Gasteiger charge is 2.21. The summed E-state index contributed by atoms with van der Waals surface area (Å²) in [5.41, 5.74) is 5.32. The molecule has 0 bridgehead atoms. The van der Waals surface area contributed by atoms with Gasteiger partial charge in [0.05, 0.1) is 19.7 Å². The van der Waals surface area contributed by atoms with Gasteiger partial charge in [0, 0.05) is 37.0 Å². The third-order valence-corrected chi connectivity index (χ3v) is 6.53. The molecule has 1 aliphatic heterocycles. The first-order valence-corrected chi connectivity index (χ1v) is 10.9. The van der Waals surface area contributed by atoms with Crippen molar-refractivity contribution in [3.8, 4) is 22.6 Å². The Kier molecular flexibility index (Phi) is 4.72. The van der Waals surface area contributed by atoms with E-state index in [1.54, 1.807) is 24.7 Å². The van der Waals surface area contributed by atoms with Crippen molar-refractivity contribution in [2.75, 3.05) is 27.0 Å². The van der Waals surface area contributed by atoms with Crippen LogP contribution in [-0.2, 0) is 22.9 Å². The molecule has 0 amide bonds. The molecule has 146 valence electrons. The maximum atomic E-state index is 12.2. The summed E-state index contributed by atoms with van der Waals surface area (Å²) in [7, 11) is 0.529. The van der Waals surface area contributed by atoms with Crippen LogP contribution in [-0.4, -0.2) is 40.5 Å². The molecule has 7 heteroatoms. The number of nitrogens with zero attached hydrogens (tertiary/aromatic N) is 2. The van der Waals surface area contributed by atoms with Crippen LogP contribution < -0.4 is 9.47 Å². The van der Waals surface area contributed by atoms with Gasteiger partial charge in [0.15, 0.2) is 11.5 Å². The van der Waals surface area contributed by atoms with Crippen molar-refractivity contribution in [3.05, 3.63) is 53.7 Å². The standard InChI is InChI=1S/C21H23N3O3S/c1-26-20-11-18-17(6-8-23-19(18)12-21(20)27-2)15-5-4-14-7-9-24(28(3,22)25)13-16(14)10-15/h4-6,8,10-12,22H,7,9,13H2,1-3H3. The second kappa shape index (κ2) is 7.07. The number of hydrogen-bond acceptors (Lipinski definition) is 5. The van der Waals surface area contributed by atoms with E-state index >= 15 is 0 Å². The topological polar surface area (TPSA) is 75.5 Å². The minimum Gasteiger partial charge on any atom is -0.493 e. The molecule has 0 saturated carbocycles. The molecule has 1 atom stereocenters. The van der Waals surface area contributed by atoms with E-state index in [-0.39, 0.29) is 0 Å². The van der Waals surface area contributed by atoms with Gasteiger partial charge in [-0.05, 0) is 46.9 Å². The molecule has 1 unspecified atom stereocenters. The van der Waals surface area contributed by atoms with Crippen LogP contribution in [0.15, 0.2) is 42.6 Å². The largest absolute Gasteiger partial charge is 0.493 e. The molecule has 28 heavy (non-hydrogen) atoms. The number of benzene rings is 2. The molecule has 0 radical (unpaired) electrons. The number of pyridine rings is 1. The average molecular weight is 398 g/mol.